The lowest BCUT2D eigenvalue weighted by atomic mass is 10.2. The summed E-state index contributed by atoms with van der Waals surface area (Å²) in [6.07, 6.45) is 1.61. The van der Waals surface area contributed by atoms with Gasteiger partial charge in [-0.25, -0.2) is 4.68 Å². The number of carbonyl (C=O) groups is 1. The Labute approximate surface area is 150 Å². The molecule has 0 atom stereocenters. The SMILES string of the molecule is CC(C)N(C(=O)CSc1nnnn1Cc1ccco1)c1ccccc1. The third kappa shape index (κ3) is 4.27. The van der Waals surface area contributed by atoms with E-state index >= 15 is 0 Å². The average Bonchev–Trinajstić information content (AvgIpc) is 3.26. The number of benzene rings is 1. The van der Waals surface area contributed by atoms with Crippen LogP contribution in [0.25, 0.3) is 0 Å². The van der Waals surface area contributed by atoms with Crippen LogP contribution in [0, 0.1) is 0 Å². The minimum absolute atomic E-state index is 0.0127. The summed E-state index contributed by atoms with van der Waals surface area (Å²) in [7, 11) is 0. The van der Waals surface area contributed by atoms with Crippen LogP contribution in [0.2, 0.25) is 0 Å². The number of nitrogens with zero attached hydrogens (tertiary/aromatic N) is 5. The van der Waals surface area contributed by atoms with Crippen molar-refractivity contribution in [3.05, 3.63) is 54.5 Å². The number of aromatic nitrogens is 4. The molecule has 0 spiro atoms. The second-order valence-electron chi connectivity index (χ2n) is 5.68. The first-order valence-electron chi connectivity index (χ1n) is 7.93. The van der Waals surface area contributed by atoms with E-state index < -0.39 is 0 Å². The zero-order valence-electron chi connectivity index (χ0n) is 14.1. The Morgan fingerprint density at radius 1 is 1.24 bits per heavy atom. The van der Waals surface area contributed by atoms with Crippen molar-refractivity contribution in [1.29, 1.82) is 0 Å². The molecule has 0 radical (unpaired) electrons. The van der Waals surface area contributed by atoms with E-state index in [9.17, 15) is 4.79 Å². The maximum absolute atomic E-state index is 12.7. The molecular formula is C17H19N5O2S. The maximum Gasteiger partial charge on any atom is 0.237 e. The van der Waals surface area contributed by atoms with Crippen molar-refractivity contribution in [2.45, 2.75) is 31.6 Å². The van der Waals surface area contributed by atoms with Gasteiger partial charge in [-0.15, -0.1) is 5.10 Å². The molecule has 0 bridgehead atoms. The number of tetrazole rings is 1. The average molecular weight is 357 g/mol. The topological polar surface area (TPSA) is 77.1 Å². The lowest BCUT2D eigenvalue weighted by molar-refractivity contribution is -0.116. The standard InChI is InChI=1S/C17H19N5O2S/c1-13(2)22(14-7-4-3-5-8-14)16(23)12-25-17-18-19-20-21(17)11-15-9-6-10-24-15/h3-10,13H,11-12H2,1-2H3. The Kier molecular flexibility index (Phi) is 5.49. The van der Waals surface area contributed by atoms with Gasteiger partial charge in [-0.05, 0) is 48.5 Å². The summed E-state index contributed by atoms with van der Waals surface area (Å²) in [5, 5.41) is 12.2. The van der Waals surface area contributed by atoms with Gasteiger partial charge in [0, 0.05) is 11.7 Å². The zero-order chi connectivity index (χ0) is 17.6. The summed E-state index contributed by atoms with van der Waals surface area (Å²) >= 11 is 1.32. The fourth-order valence-electron chi connectivity index (χ4n) is 2.46. The second kappa shape index (κ2) is 7.98. The van der Waals surface area contributed by atoms with Crippen molar-refractivity contribution in [3.8, 4) is 0 Å². The van der Waals surface area contributed by atoms with Crippen molar-refractivity contribution in [2.75, 3.05) is 10.7 Å². The molecule has 3 aromatic rings. The van der Waals surface area contributed by atoms with E-state index in [1.807, 2.05) is 56.3 Å². The molecular weight excluding hydrogens is 338 g/mol. The summed E-state index contributed by atoms with van der Waals surface area (Å²) in [5.74, 6) is 1.03. The van der Waals surface area contributed by atoms with Gasteiger partial charge < -0.3 is 9.32 Å². The van der Waals surface area contributed by atoms with Gasteiger partial charge in [0.1, 0.15) is 12.3 Å². The molecule has 0 N–H and O–H groups in total. The Balaban J connectivity index is 1.66. The van der Waals surface area contributed by atoms with Crippen LogP contribution in [0.5, 0.6) is 0 Å². The molecule has 1 amide bonds. The highest BCUT2D eigenvalue weighted by molar-refractivity contribution is 7.99. The second-order valence-corrected chi connectivity index (χ2v) is 6.62. The number of thioether (sulfide) groups is 1. The highest BCUT2D eigenvalue weighted by Gasteiger charge is 2.20. The summed E-state index contributed by atoms with van der Waals surface area (Å²) in [6.45, 7) is 4.43. The molecule has 1 aromatic carbocycles. The molecule has 0 fully saturated rings. The lowest BCUT2D eigenvalue weighted by Crippen LogP contribution is -2.38. The maximum atomic E-state index is 12.7. The van der Waals surface area contributed by atoms with Gasteiger partial charge in [0.15, 0.2) is 0 Å². The first kappa shape index (κ1) is 17.2. The van der Waals surface area contributed by atoms with Crippen molar-refractivity contribution in [3.63, 3.8) is 0 Å². The molecule has 0 saturated heterocycles. The van der Waals surface area contributed by atoms with Gasteiger partial charge in [-0.1, -0.05) is 30.0 Å². The van der Waals surface area contributed by atoms with E-state index in [0.29, 0.717) is 11.7 Å². The number of anilines is 1. The molecule has 7 nitrogen and oxygen atoms in total. The smallest absolute Gasteiger partial charge is 0.237 e. The quantitative estimate of drug-likeness (QED) is 0.605. The minimum Gasteiger partial charge on any atom is -0.467 e. The highest BCUT2D eigenvalue weighted by Crippen LogP contribution is 2.21. The molecule has 130 valence electrons. The van der Waals surface area contributed by atoms with Crippen molar-refractivity contribution >= 4 is 23.4 Å². The van der Waals surface area contributed by atoms with Crippen LogP contribution in [0.1, 0.15) is 19.6 Å². The Hall–Kier alpha value is -2.61. The minimum atomic E-state index is 0.0127. The third-order valence-corrected chi connectivity index (χ3v) is 4.47. The van der Waals surface area contributed by atoms with E-state index in [4.69, 9.17) is 4.42 Å². The van der Waals surface area contributed by atoms with Gasteiger partial charge in [0.25, 0.3) is 0 Å². The summed E-state index contributed by atoms with van der Waals surface area (Å²) in [6, 6.07) is 13.4. The van der Waals surface area contributed by atoms with Crippen LogP contribution in [0.4, 0.5) is 5.69 Å². The van der Waals surface area contributed by atoms with Crippen LogP contribution >= 0.6 is 11.8 Å². The number of carbonyl (C=O) groups excluding carboxylic acids is 1. The predicted octanol–water partition coefficient (Wildman–Crippen LogP) is 2.85. The van der Waals surface area contributed by atoms with E-state index in [1.165, 1.54) is 11.8 Å². The first-order chi connectivity index (χ1) is 12.1. The molecule has 0 saturated carbocycles. The predicted molar refractivity (Wildman–Crippen MR) is 95.4 cm³/mol. The fourth-order valence-corrected chi connectivity index (χ4v) is 3.20. The molecule has 2 heterocycles. The molecule has 2 aromatic heterocycles. The van der Waals surface area contributed by atoms with Crippen molar-refractivity contribution < 1.29 is 9.21 Å². The van der Waals surface area contributed by atoms with Gasteiger partial charge in [-0.3, -0.25) is 4.79 Å². The van der Waals surface area contributed by atoms with Crippen molar-refractivity contribution in [2.24, 2.45) is 0 Å². The van der Waals surface area contributed by atoms with Gasteiger partial charge in [0.2, 0.25) is 11.1 Å². The highest BCUT2D eigenvalue weighted by atomic mass is 32.2. The fraction of sp³-hybridized carbons (Fsp3) is 0.294. The number of amides is 1. The van der Waals surface area contributed by atoms with E-state index in [1.54, 1.807) is 15.8 Å². The largest absolute Gasteiger partial charge is 0.467 e. The molecule has 0 aliphatic rings. The molecule has 0 unspecified atom stereocenters. The van der Waals surface area contributed by atoms with Crippen molar-refractivity contribution in [1.82, 2.24) is 20.2 Å². The van der Waals surface area contributed by atoms with Gasteiger partial charge in [0.05, 0.1) is 12.0 Å². The Morgan fingerprint density at radius 2 is 2.04 bits per heavy atom. The number of para-hydroxylation sites is 1. The number of rotatable bonds is 7. The monoisotopic (exact) mass is 357 g/mol. The zero-order valence-corrected chi connectivity index (χ0v) is 14.9. The van der Waals surface area contributed by atoms with Crippen LogP contribution in [-0.2, 0) is 11.3 Å². The Morgan fingerprint density at radius 3 is 2.72 bits per heavy atom. The number of hydrogen-bond donors (Lipinski definition) is 0. The van der Waals surface area contributed by atoms with Gasteiger partial charge in [-0.2, -0.15) is 0 Å². The van der Waals surface area contributed by atoms with Crippen LogP contribution in [-0.4, -0.2) is 37.9 Å². The Bertz CT molecular complexity index is 802. The summed E-state index contributed by atoms with van der Waals surface area (Å²) in [5.41, 5.74) is 0.887. The van der Waals surface area contributed by atoms with E-state index in [0.717, 1.165) is 11.4 Å². The molecule has 25 heavy (non-hydrogen) atoms. The molecule has 0 aliphatic carbocycles. The summed E-state index contributed by atoms with van der Waals surface area (Å²) in [4.78, 5) is 14.5. The van der Waals surface area contributed by atoms with Gasteiger partial charge >= 0.3 is 0 Å². The normalized spacial score (nSPS) is 11.0. The number of furan rings is 1. The molecule has 3 rings (SSSR count). The summed E-state index contributed by atoms with van der Waals surface area (Å²) < 4.78 is 6.94. The molecule has 0 aliphatic heterocycles. The molecule has 8 heteroatoms. The van der Waals surface area contributed by atoms with Crippen LogP contribution in [0.15, 0.2) is 58.3 Å². The van der Waals surface area contributed by atoms with E-state index in [-0.39, 0.29) is 17.7 Å². The third-order valence-electron chi connectivity index (χ3n) is 3.53. The van der Waals surface area contributed by atoms with Crippen LogP contribution in [0.3, 0.4) is 0 Å². The lowest BCUT2D eigenvalue weighted by Gasteiger charge is -2.26. The van der Waals surface area contributed by atoms with Crippen LogP contribution < -0.4 is 4.90 Å². The van der Waals surface area contributed by atoms with E-state index in [2.05, 4.69) is 15.5 Å². The number of hydrogen-bond acceptors (Lipinski definition) is 6. The first-order valence-corrected chi connectivity index (χ1v) is 8.92.